The SMILES string of the molecule is COC(=O)C(C)(C)Oc1ccc2c(c1)CCCC2. The number of benzene rings is 1. The lowest BCUT2D eigenvalue weighted by atomic mass is 9.92. The van der Waals surface area contributed by atoms with Crippen molar-refractivity contribution in [3.63, 3.8) is 0 Å². The van der Waals surface area contributed by atoms with Gasteiger partial charge in [-0.15, -0.1) is 0 Å². The molecule has 3 nitrogen and oxygen atoms in total. The summed E-state index contributed by atoms with van der Waals surface area (Å²) in [5.74, 6) is 0.381. The van der Waals surface area contributed by atoms with Crippen LogP contribution in [0.1, 0.15) is 37.8 Å². The molecule has 0 aromatic heterocycles. The second-order valence-corrected chi connectivity index (χ2v) is 5.24. The largest absolute Gasteiger partial charge is 0.476 e. The minimum Gasteiger partial charge on any atom is -0.476 e. The smallest absolute Gasteiger partial charge is 0.349 e. The van der Waals surface area contributed by atoms with Gasteiger partial charge in [0.15, 0.2) is 5.60 Å². The molecule has 1 aromatic rings. The Balaban J connectivity index is 2.17. The first-order chi connectivity index (χ1) is 8.53. The normalized spacial score (nSPS) is 14.8. The Morgan fingerprint density at radius 3 is 2.50 bits per heavy atom. The Kier molecular flexibility index (Phi) is 3.60. The molecule has 98 valence electrons. The molecule has 0 unspecified atom stereocenters. The van der Waals surface area contributed by atoms with E-state index in [4.69, 9.17) is 9.47 Å². The molecule has 0 bridgehead atoms. The predicted molar refractivity (Wildman–Crippen MR) is 69.8 cm³/mol. The predicted octanol–water partition coefficient (Wildman–Crippen LogP) is 2.90. The van der Waals surface area contributed by atoms with Crippen molar-refractivity contribution in [2.45, 2.75) is 45.1 Å². The fraction of sp³-hybridized carbons (Fsp3) is 0.533. The number of rotatable bonds is 3. The van der Waals surface area contributed by atoms with Gasteiger partial charge in [-0.2, -0.15) is 0 Å². The third-order valence-corrected chi connectivity index (χ3v) is 3.37. The minimum atomic E-state index is -0.947. The zero-order chi connectivity index (χ0) is 13.2. The van der Waals surface area contributed by atoms with E-state index in [1.54, 1.807) is 13.8 Å². The van der Waals surface area contributed by atoms with Crippen LogP contribution in [0.25, 0.3) is 0 Å². The summed E-state index contributed by atoms with van der Waals surface area (Å²) in [6.07, 6.45) is 4.75. The molecule has 0 aliphatic heterocycles. The van der Waals surface area contributed by atoms with E-state index in [9.17, 15) is 4.79 Å². The standard InChI is InChI=1S/C15H20O3/c1-15(2,14(16)17-3)18-13-9-8-11-6-4-5-7-12(11)10-13/h8-10H,4-7H2,1-3H3. The van der Waals surface area contributed by atoms with Gasteiger partial charge in [0.25, 0.3) is 0 Å². The third-order valence-electron chi connectivity index (χ3n) is 3.37. The molecule has 0 heterocycles. The van der Waals surface area contributed by atoms with E-state index in [1.165, 1.54) is 31.1 Å². The molecule has 0 radical (unpaired) electrons. The minimum absolute atomic E-state index is 0.361. The molecule has 0 amide bonds. The van der Waals surface area contributed by atoms with Crippen molar-refractivity contribution in [1.29, 1.82) is 0 Å². The van der Waals surface area contributed by atoms with Gasteiger partial charge in [0.05, 0.1) is 7.11 Å². The molecule has 0 N–H and O–H groups in total. The van der Waals surface area contributed by atoms with E-state index < -0.39 is 5.60 Å². The van der Waals surface area contributed by atoms with E-state index in [0.29, 0.717) is 0 Å². The molecule has 3 heteroatoms. The zero-order valence-electron chi connectivity index (χ0n) is 11.3. The quantitative estimate of drug-likeness (QED) is 0.772. The van der Waals surface area contributed by atoms with Gasteiger partial charge in [-0.3, -0.25) is 0 Å². The van der Waals surface area contributed by atoms with E-state index in [-0.39, 0.29) is 5.97 Å². The lowest BCUT2D eigenvalue weighted by Crippen LogP contribution is -2.39. The van der Waals surface area contributed by atoms with Crippen molar-refractivity contribution >= 4 is 5.97 Å². The summed E-state index contributed by atoms with van der Waals surface area (Å²) in [6.45, 7) is 3.44. The molecular formula is C15H20O3. The summed E-state index contributed by atoms with van der Waals surface area (Å²) < 4.78 is 10.5. The second kappa shape index (κ2) is 5.01. The summed E-state index contributed by atoms with van der Waals surface area (Å²) in [5.41, 5.74) is 1.81. The highest BCUT2D eigenvalue weighted by Crippen LogP contribution is 2.27. The molecule has 1 aliphatic rings. The molecule has 1 aliphatic carbocycles. The van der Waals surface area contributed by atoms with Crippen molar-refractivity contribution < 1.29 is 14.3 Å². The van der Waals surface area contributed by atoms with E-state index in [2.05, 4.69) is 12.1 Å². The first-order valence-corrected chi connectivity index (χ1v) is 6.42. The monoisotopic (exact) mass is 248 g/mol. The Hall–Kier alpha value is -1.51. The number of esters is 1. The summed E-state index contributed by atoms with van der Waals surface area (Å²) in [6, 6.07) is 6.10. The van der Waals surface area contributed by atoms with E-state index in [0.717, 1.165) is 18.6 Å². The van der Waals surface area contributed by atoms with Crippen LogP contribution in [0.3, 0.4) is 0 Å². The number of carbonyl (C=O) groups is 1. The molecule has 0 spiro atoms. The van der Waals surface area contributed by atoms with Crippen molar-refractivity contribution in [2.24, 2.45) is 0 Å². The Labute approximate surface area is 108 Å². The Morgan fingerprint density at radius 1 is 1.17 bits per heavy atom. The average Bonchev–Trinajstić information content (AvgIpc) is 2.37. The molecular weight excluding hydrogens is 228 g/mol. The molecule has 0 saturated heterocycles. The van der Waals surface area contributed by atoms with Crippen LogP contribution in [0.4, 0.5) is 0 Å². The van der Waals surface area contributed by atoms with Gasteiger partial charge >= 0.3 is 5.97 Å². The first kappa shape index (κ1) is 12.9. The van der Waals surface area contributed by atoms with Gasteiger partial charge in [0, 0.05) is 0 Å². The number of fused-ring (bicyclic) bond motifs is 1. The van der Waals surface area contributed by atoms with Crippen LogP contribution in [0.15, 0.2) is 18.2 Å². The topological polar surface area (TPSA) is 35.5 Å². The fourth-order valence-electron chi connectivity index (χ4n) is 2.36. The van der Waals surface area contributed by atoms with Crippen molar-refractivity contribution in [3.8, 4) is 5.75 Å². The van der Waals surface area contributed by atoms with Crippen LogP contribution in [-0.4, -0.2) is 18.7 Å². The zero-order valence-corrected chi connectivity index (χ0v) is 11.3. The maximum atomic E-state index is 11.6. The highest BCUT2D eigenvalue weighted by molar-refractivity contribution is 5.78. The highest BCUT2D eigenvalue weighted by Gasteiger charge is 2.31. The van der Waals surface area contributed by atoms with Crippen molar-refractivity contribution in [1.82, 2.24) is 0 Å². The first-order valence-electron chi connectivity index (χ1n) is 6.42. The van der Waals surface area contributed by atoms with Crippen molar-refractivity contribution in [3.05, 3.63) is 29.3 Å². The molecule has 0 atom stereocenters. The van der Waals surface area contributed by atoms with Crippen LogP contribution in [-0.2, 0) is 22.4 Å². The molecule has 1 aromatic carbocycles. The lowest BCUT2D eigenvalue weighted by molar-refractivity contribution is -0.156. The van der Waals surface area contributed by atoms with Gasteiger partial charge in [0.2, 0.25) is 0 Å². The number of hydrogen-bond donors (Lipinski definition) is 0. The Morgan fingerprint density at radius 2 is 1.83 bits per heavy atom. The number of methoxy groups -OCH3 is 1. The third kappa shape index (κ3) is 2.66. The van der Waals surface area contributed by atoms with Crippen LogP contribution >= 0.6 is 0 Å². The van der Waals surface area contributed by atoms with Gasteiger partial charge in [-0.05, 0) is 62.8 Å². The maximum absolute atomic E-state index is 11.6. The molecule has 0 saturated carbocycles. The lowest BCUT2D eigenvalue weighted by Gasteiger charge is -2.24. The summed E-state index contributed by atoms with van der Waals surface area (Å²) >= 11 is 0. The molecule has 0 fully saturated rings. The summed E-state index contributed by atoms with van der Waals surface area (Å²) in [4.78, 5) is 11.6. The average molecular weight is 248 g/mol. The van der Waals surface area contributed by atoms with Crippen LogP contribution in [0.5, 0.6) is 5.75 Å². The van der Waals surface area contributed by atoms with E-state index >= 15 is 0 Å². The number of carbonyl (C=O) groups excluding carboxylic acids is 1. The number of ether oxygens (including phenoxy) is 2. The van der Waals surface area contributed by atoms with E-state index in [1.807, 2.05) is 6.07 Å². The summed E-state index contributed by atoms with van der Waals surface area (Å²) in [7, 11) is 1.38. The van der Waals surface area contributed by atoms with Crippen LogP contribution < -0.4 is 4.74 Å². The van der Waals surface area contributed by atoms with Crippen LogP contribution in [0.2, 0.25) is 0 Å². The van der Waals surface area contributed by atoms with Crippen LogP contribution in [0, 0.1) is 0 Å². The summed E-state index contributed by atoms with van der Waals surface area (Å²) in [5, 5.41) is 0. The van der Waals surface area contributed by atoms with Crippen molar-refractivity contribution in [2.75, 3.05) is 7.11 Å². The molecule has 2 rings (SSSR count). The van der Waals surface area contributed by atoms with Gasteiger partial charge in [-0.25, -0.2) is 4.79 Å². The van der Waals surface area contributed by atoms with Gasteiger partial charge < -0.3 is 9.47 Å². The fourth-order valence-corrected chi connectivity index (χ4v) is 2.36. The molecule has 18 heavy (non-hydrogen) atoms. The second-order valence-electron chi connectivity index (χ2n) is 5.24. The number of hydrogen-bond acceptors (Lipinski definition) is 3. The Bertz CT molecular complexity index is 449. The van der Waals surface area contributed by atoms with Gasteiger partial charge in [0.1, 0.15) is 5.75 Å². The van der Waals surface area contributed by atoms with Gasteiger partial charge in [-0.1, -0.05) is 6.07 Å². The number of aryl methyl sites for hydroxylation is 2. The highest BCUT2D eigenvalue weighted by atomic mass is 16.6. The maximum Gasteiger partial charge on any atom is 0.349 e.